The minimum Gasteiger partial charge on any atom is -0.494 e. The molecule has 0 saturated heterocycles. The van der Waals surface area contributed by atoms with Gasteiger partial charge >= 0.3 is 0 Å². The first-order valence-corrected chi connectivity index (χ1v) is 6.25. The quantitative estimate of drug-likeness (QED) is 0.875. The highest BCUT2D eigenvalue weighted by Gasteiger charge is 2.17. The summed E-state index contributed by atoms with van der Waals surface area (Å²) < 4.78 is 5.40. The molecule has 1 aromatic carbocycles. The van der Waals surface area contributed by atoms with Crippen LogP contribution in [0, 0.1) is 12.8 Å². The summed E-state index contributed by atoms with van der Waals surface area (Å²) in [5.74, 6) is 0.543. The van der Waals surface area contributed by atoms with Crippen LogP contribution in [0.4, 0.5) is 5.69 Å². The number of anilines is 1. The molecule has 0 spiro atoms. The highest BCUT2D eigenvalue weighted by Crippen LogP contribution is 2.22. The van der Waals surface area contributed by atoms with E-state index in [9.17, 15) is 4.79 Å². The number of ether oxygens (including phenoxy) is 1. The maximum absolute atomic E-state index is 11.9. The molecule has 0 saturated carbocycles. The normalized spacial score (nSPS) is 13.1. The van der Waals surface area contributed by atoms with Crippen molar-refractivity contribution < 1.29 is 9.53 Å². The molecule has 4 nitrogen and oxygen atoms in total. The van der Waals surface area contributed by atoms with Gasteiger partial charge in [0, 0.05) is 11.7 Å². The van der Waals surface area contributed by atoms with Crippen LogP contribution in [0.1, 0.15) is 26.3 Å². The zero-order valence-electron chi connectivity index (χ0n) is 11.9. The molecule has 0 aliphatic rings. The van der Waals surface area contributed by atoms with E-state index >= 15 is 0 Å². The van der Waals surface area contributed by atoms with Gasteiger partial charge in [-0.05, 0) is 44.5 Å². The van der Waals surface area contributed by atoms with Crippen LogP contribution < -0.4 is 15.8 Å². The lowest BCUT2D eigenvalue weighted by Crippen LogP contribution is -2.34. The van der Waals surface area contributed by atoms with Crippen LogP contribution in [0.15, 0.2) is 18.2 Å². The number of halogens is 1. The van der Waals surface area contributed by atoms with Gasteiger partial charge in [0.25, 0.3) is 0 Å². The molecule has 5 heteroatoms. The van der Waals surface area contributed by atoms with Crippen LogP contribution in [0.25, 0.3) is 0 Å². The van der Waals surface area contributed by atoms with E-state index < -0.39 is 0 Å². The van der Waals surface area contributed by atoms with Gasteiger partial charge in [-0.25, -0.2) is 0 Å². The average Bonchev–Trinajstić information content (AvgIpc) is 2.31. The number of hydrogen-bond acceptors (Lipinski definition) is 3. The van der Waals surface area contributed by atoms with E-state index in [0.717, 1.165) is 17.0 Å². The average molecular weight is 287 g/mol. The highest BCUT2D eigenvalue weighted by molar-refractivity contribution is 5.93. The van der Waals surface area contributed by atoms with Gasteiger partial charge in [0.2, 0.25) is 5.91 Å². The molecule has 0 radical (unpaired) electrons. The lowest BCUT2D eigenvalue weighted by atomic mass is 10.0. The fraction of sp³-hybridized carbons (Fsp3) is 0.500. The molecule has 2 unspecified atom stereocenters. The van der Waals surface area contributed by atoms with Crippen molar-refractivity contribution in [3.63, 3.8) is 0 Å². The fourth-order valence-corrected chi connectivity index (χ4v) is 1.52. The summed E-state index contributed by atoms with van der Waals surface area (Å²) in [7, 11) is 0. The number of aryl methyl sites for hydroxylation is 1. The number of amides is 1. The Morgan fingerprint density at radius 1 is 1.42 bits per heavy atom. The summed E-state index contributed by atoms with van der Waals surface area (Å²) in [5, 5.41) is 2.89. The Hall–Kier alpha value is -1.26. The lowest BCUT2D eigenvalue weighted by Gasteiger charge is -2.17. The third-order valence-corrected chi connectivity index (χ3v) is 2.97. The van der Waals surface area contributed by atoms with Crippen molar-refractivity contribution in [3.05, 3.63) is 23.8 Å². The van der Waals surface area contributed by atoms with E-state index in [4.69, 9.17) is 10.5 Å². The Morgan fingerprint density at radius 3 is 2.53 bits per heavy atom. The molecule has 3 N–H and O–H groups in total. The molecule has 108 valence electrons. The summed E-state index contributed by atoms with van der Waals surface area (Å²) in [4.78, 5) is 11.9. The Kier molecular flexibility index (Phi) is 7.49. The van der Waals surface area contributed by atoms with E-state index in [1.165, 1.54) is 0 Å². The Labute approximate surface area is 121 Å². The third kappa shape index (κ3) is 5.09. The van der Waals surface area contributed by atoms with Gasteiger partial charge in [0.05, 0.1) is 12.5 Å². The second-order valence-corrected chi connectivity index (χ2v) is 4.55. The summed E-state index contributed by atoms with van der Waals surface area (Å²) in [5.41, 5.74) is 7.49. The molecule has 1 amide bonds. The Morgan fingerprint density at radius 2 is 2.05 bits per heavy atom. The largest absolute Gasteiger partial charge is 0.494 e. The van der Waals surface area contributed by atoms with Crippen LogP contribution in [0.2, 0.25) is 0 Å². The first-order valence-electron chi connectivity index (χ1n) is 6.25. The SMILES string of the molecule is CCOc1ccc(NC(=O)C(C)C(C)N)c(C)c1.Cl. The van der Waals surface area contributed by atoms with Gasteiger partial charge in [-0.1, -0.05) is 6.92 Å². The summed E-state index contributed by atoms with van der Waals surface area (Å²) in [6.45, 7) is 8.16. The minimum absolute atomic E-state index is 0. The Balaban J connectivity index is 0.00000324. The third-order valence-electron chi connectivity index (χ3n) is 2.97. The molecule has 1 rings (SSSR count). The molecule has 0 fully saturated rings. The Bertz CT molecular complexity index is 422. The van der Waals surface area contributed by atoms with Crippen LogP contribution in [-0.4, -0.2) is 18.6 Å². The fourth-order valence-electron chi connectivity index (χ4n) is 1.52. The van der Waals surface area contributed by atoms with Crippen LogP contribution >= 0.6 is 12.4 Å². The molecule has 1 aromatic rings. The molecular formula is C14H23ClN2O2. The molecular weight excluding hydrogens is 264 g/mol. The van der Waals surface area contributed by atoms with Crippen LogP contribution in [-0.2, 0) is 4.79 Å². The molecule has 0 aliphatic heterocycles. The van der Waals surface area contributed by atoms with E-state index in [1.807, 2.05) is 45.9 Å². The first kappa shape index (κ1) is 17.7. The van der Waals surface area contributed by atoms with Crippen molar-refractivity contribution in [1.82, 2.24) is 0 Å². The van der Waals surface area contributed by atoms with Crippen molar-refractivity contribution >= 4 is 24.0 Å². The second kappa shape index (κ2) is 8.02. The van der Waals surface area contributed by atoms with Crippen LogP contribution in [0.3, 0.4) is 0 Å². The van der Waals surface area contributed by atoms with Crippen molar-refractivity contribution in [3.8, 4) is 5.75 Å². The van der Waals surface area contributed by atoms with Crippen molar-refractivity contribution in [2.45, 2.75) is 33.7 Å². The second-order valence-electron chi connectivity index (χ2n) is 4.55. The first-order chi connectivity index (χ1) is 8.45. The van der Waals surface area contributed by atoms with Crippen molar-refractivity contribution in [2.75, 3.05) is 11.9 Å². The maximum Gasteiger partial charge on any atom is 0.228 e. The standard InChI is InChI=1S/C14H22N2O2.ClH/c1-5-18-12-6-7-13(9(2)8-12)16-14(17)10(3)11(4)15;/h6-8,10-11H,5,15H2,1-4H3,(H,16,17);1H. The van der Waals surface area contributed by atoms with Crippen LogP contribution in [0.5, 0.6) is 5.75 Å². The number of benzene rings is 1. The highest BCUT2D eigenvalue weighted by atomic mass is 35.5. The zero-order chi connectivity index (χ0) is 13.7. The number of nitrogens with two attached hydrogens (primary N) is 1. The molecule has 0 bridgehead atoms. The summed E-state index contributed by atoms with van der Waals surface area (Å²) in [6.07, 6.45) is 0. The van der Waals surface area contributed by atoms with E-state index in [1.54, 1.807) is 0 Å². The summed E-state index contributed by atoms with van der Waals surface area (Å²) in [6, 6.07) is 5.46. The van der Waals surface area contributed by atoms with Gasteiger partial charge in [-0.15, -0.1) is 12.4 Å². The molecule has 0 aromatic heterocycles. The molecule has 19 heavy (non-hydrogen) atoms. The zero-order valence-corrected chi connectivity index (χ0v) is 12.7. The smallest absolute Gasteiger partial charge is 0.228 e. The molecule has 0 heterocycles. The maximum atomic E-state index is 11.9. The van der Waals surface area contributed by atoms with Gasteiger partial charge in [0.15, 0.2) is 0 Å². The number of rotatable bonds is 5. The van der Waals surface area contributed by atoms with Crippen molar-refractivity contribution in [2.24, 2.45) is 11.7 Å². The van der Waals surface area contributed by atoms with E-state index in [0.29, 0.717) is 6.61 Å². The number of hydrogen-bond donors (Lipinski definition) is 2. The van der Waals surface area contributed by atoms with Gasteiger partial charge in [0.1, 0.15) is 5.75 Å². The van der Waals surface area contributed by atoms with Gasteiger partial charge in [-0.2, -0.15) is 0 Å². The number of nitrogens with one attached hydrogen (secondary N) is 1. The lowest BCUT2D eigenvalue weighted by molar-refractivity contribution is -0.119. The van der Waals surface area contributed by atoms with E-state index in [-0.39, 0.29) is 30.3 Å². The predicted octanol–water partition coefficient (Wildman–Crippen LogP) is 2.74. The van der Waals surface area contributed by atoms with Crippen molar-refractivity contribution in [1.29, 1.82) is 0 Å². The minimum atomic E-state index is -0.212. The predicted molar refractivity (Wildman–Crippen MR) is 81.0 cm³/mol. The number of carbonyl (C=O) groups is 1. The van der Waals surface area contributed by atoms with Gasteiger partial charge < -0.3 is 15.8 Å². The number of carbonyl (C=O) groups excluding carboxylic acids is 1. The van der Waals surface area contributed by atoms with Gasteiger partial charge in [-0.3, -0.25) is 4.79 Å². The van der Waals surface area contributed by atoms with E-state index in [2.05, 4.69) is 5.32 Å². The summed E-state index contributed by atoms with van der Waals surface area (Å²) >= 11 is 0. The monoisotopic (exact) mass is 286 g/mol. The molecule has 0 aliphatic carbocycles. The topological polar surface area (TPSA) is 64.3 Å². The molecule has 2 atom stereocenters.